The minimum Gasteiger partial charge on any atom is -0.321 e. The zero-order valence-electron chi connectivity index (χ0n) is 13.8. The Hall–Kier alpha value is -2.51. The highest BCUT2D eigenvalue weighted by Gasteiger charge is 2.40. The Kier molecular flexibility index (Phi) is 5.17. The van der Waals surface area contributed by atoms with E-state index in [4.69, 9.17) is 23.2 Å². The van der Waals surface area contributed by atoms with E-state index >= 15 is 0 Å². The normalized spacial score (nSPS) is 11.5. The second-order valence-corrected chi connectivity index (χ2v) is 6.57. The van der Waals surface area contributed by atoms with E-state index in [-0.39, 0.29) is 16.4 Å². The van der Waals surface area contributed by atoms with E-state index in [0.29, 0.717) is 9.70 Å². The molecule has 0 aliphatic carbocycles. The van der Waals surface area contributed by atoms with Crippen molar-refractivity contribution >= 4 is 34.8 Å². The number of aryl methyl sites for hydroxylation is 1. The van der Waals surface area contributed by atoms with Crippen LogP contribution in [0.1, 0.15) is 21.6 Å². The van der Waals surface area contributed by atoms with Crippen LogP contribution in [0.5, 0.6) is 0 Å². The van der Waals surface area contributed by atoms with Crippen molar-refractivity contribution in [3.63, 3.8) is 0 Å². The standard InChI is InChI=1S/C18H12Cl2F3N3O/c1-10-2-7-14(20)15(8-10)25-17(27)13-9-24-26(16(13)18(21,22)23)12-5-3-11(19)4-6-12/h2-9H,1H3,(H,25,27). The number of halogens is 5. The highest BCUT2D eigenvalue weighted by Crippen LogP contribution is 2.34. The van der Waals surface area contributed by atoms with Crippen LogP contribution in [-0.2, 0) is 6.18 Å². The Labute approximate surface area is 162 Å². The zero-order chi connectivity index (χ0) is 19.8. The first-order valence-corrected chi connectivity index (χ1v) is 8.41. The Morgan fingerprint density at radius 1 is 1.11 bits per heavy atom. The van der Waals surface area contributed by atoms with Crippen LogP contribution >= 0.6 is 23.2 Å². The van der Waals surface area contributed by atoms with Gasteiger partial charge < -0.3 is 5.32 Å². The molecule has 1 aromatic heterocycles. The summed E-state index contributed by atoms with van der Waals surface area (Å²) in [6, 6.07) is 10.5. The minimum absolute atomic E-state index is 0.124. The third-order valence-corrected chi connectivity index (χ3v) is 4.31. The number of hydrogen-bond donors (Lipinski definition) is 1. The van der Waals surface area contributed by atoms with Gasteiger partial charge in [0.25, 0.3) is 5.91 Å². The summed E-state index contributed by atoms with van der Waals surface area (Å²) in [6.45, 7) is 1.77. The molecule has 0 saturated heterocycles. The van der Waals surface area contributed by atoms with Gasteiger partial charge in [-0.1, -0.05) is 29.3 Å². The molecule has 3 rings (SSSR count). The molecule has 140 valence electrons. The number of nitrogens with one attached hydrogen (secondary N) is 1. The number of nitrogens with zero attached hydrogens (tertiary/aromatic N) is 2. The van der Waals surface area contributed by atoms with Crippen LogP contribution in [0.4, 0.5) is 18.9 Å². The molecule has 0 fully saturated rings. The molecule has 0 atom stereocenters. The number of hydrogen-bond acceptors (Lipinski definition) is 2. The van der Waals surface area contributed by atoms with Gasteiger partial charge in [-0.3, -0.25) is 4.79 Å². The highest BCUT2D eigenvalue weighted by molar-refractivity contribution is 6.34. The van der Waals surface area contributed by atoms with Crippen LogP contribution in [0.15, 0.2) is 48.7 Å². The van der Waals surface area contributed by atoms with Gasteiger partial charge in [-0.2, -0.15) is 18.3 Å². The molecule has 1 N–H and O–H groups in total. The second-order valence-electron chi connectivity index (χ2n) is 5.73. The third kappa shape index (κ3) is 4.09. The highest BCUT2D eigenvalue weighted by atomic mass is 35.5. The van der Waals surface area contributed by atoms with Gasteiger partial charge in [-0.05, 0) is 48.9 Å². The molecule has 0 bridgehead atoms. The van der Waals surface area contributed by atoms with Gasteiger partial charge in [0.05, 0.1) is 28.2 Å². The van der Waals surface area contributed by atoms with Gasteiger partial charge in [-0.25, -0.2) is 4.68 Å². The van der Waals surface area contributed by atoms with Crippen LogP contribution < -0.4 is 5.32 Å². The summed E-state index contributed by atoms with van der Waals surface area (Å²) < 4.78 is 41.6. The lowest BCUT2D eigenvalue weighted by Gasteiger charge is -2.13. The molecule has 27 heavy (non-hydrogen) atoms. The Morgan fingerprint density at radius 2 is 1.78 bits per heavy atom. The molecule has 4 nitrogen and oxygen atoms in total. The second kappa shape index (κ2) is 7.25. The van der Waals surface area contributed by atoms with Crippen molar-refractivity contribution in [1.82, 2.24) is 9.78 Å². The molecule has 0 unspecified atom stereocenters. The number of anilines is 1. The van der Waals surface area contributed by atoms with Gasteiger partial charge >= 0.3 is 6.18 Å². The molecule has 1 heterocycles. The van der Waals surface area contributed by atoms with Crippen molar-refractivity contribution in [1.29, 1.82) is 0 Å². The first kappa shape index (κ1) is 19.3. The summed E-state index contributed by atoms with van der Waals surface area (Å²) in [5.74, 6) is -0.963. The maximum absolute atomic E-state index is 13.7. The number of rotatable bonds is 3. The minimum atomic E-state index is -4.81. The fraction of sp³-hybridized carbons (Fsp3) is 0.111. The van der Waals surface area contributed by atoms with E-state index in [2.05, 4.69) is 10.4 Å². The molecule has 0 saturated carbocycles. The predicted octanol–water partition coefficient (Wildman–Crippen LogP) is 5.76. The van der Waals surface area contributed by atoms with Gasteiger partial charge in [0.15, 0.2) is 5.69 Å². The van der Waals surface area contributed by atoms with Crippen molar-refractivity contribution in [2.24, 2.45) is 0 Å². The summed E-state index contributed by atoms with van der Waals surface area (Å²) in [6.07, 6.45) is -3.93. The number of carbonyl (C=O) groups excluding carboxylic acids is 1. The van der Waals surface area contributed by atoms with E-state index < -0.39 is 23.3 Å². The summed E-state index contributed by atoms with van der Waals surface area (Å²) in [5, 5.41) is 6.74. The molecule has 0 spiro atoms. The molecule has 0 aliphatic rings. The maximum atomic E-state index is 13.7. The predicted molar refractivity (Wildman–Crippen MR) is 97.7 cm³/mol. The van der Waals surface area contributed by atoms with Gasteiger partial charge in [0, 0.05) is 5.02 Å². The molecule has 0 radical (unpaired) electrons. The molecule has 9 heteroatoms. The first-order valence-electron chi connectivity index (χ1n) is 7.65. The first-order chi connectivity index (χ1) is 12.7. The maximum Gasteiger partial charge on any atom is 0.434 e. The number of carbonyl (C=O) groups is 1. The van der Waals surface area contributed by atoms with Gasteiger partial charge in [0.2, 0.25) is 0 Å². The topological polar surface area (TPSA) is 46.9 Å². The van der Waals surface area contributed by atoms with E-state index in [1.165, 1.54) is 24.3 Å². The van der Waals surface area contributed by atoms with Crippen LogP contribution in [0.2, 0.25) is 10.0 Å². The zero-order valence-corrected chi connectivity index (χ0v) is 15.3. The SMILES string of the molecule is Cc1ccc(Cl)c(NC(=O)c2cnn(-c3ccc(Cl)cc3)c2C(F)(F)F)c1. The lowest BCUT2D eigenvalue weighted by Crippen LogP contribution is -2.20. The molecule has 3 aromatic rings. The number of aromatic nitrogens is 2. The fourth-order valence-electron chi connectivity index (χ4n) is 2.49. The number of benzene rings is 2. The van der Waals surface area contributed by atoms with Crippen LogP contribution in [0.3, 0.4) is 0 Å². The molecule has 1 amide bonds. The third-order valence-electron chi connectivity index (χ3n) is 3.72. The largest absolute Gasteiger partial charge is 0.434 e. The van der Waals surface area contributed by atoms with Crippen molar-refractivity contribution in [3.8, 4) is 5.69 Å². The molecule has 2 aromatic carbocycles. The summed E-state index contributed by atoms with van der Waals surface area (Å²) >= 11 is 11.8. The van der Waals surface area contributed by atoms with Crippen LogP contribution in [-0.4, -0.2) is 15.7 Å². The summed E-state index contributed by atoms with van der Waals surface area (Å²) in [7, 11) is 0. The number of amides is 1. The quantitative estimate of drug-likeness (QED) is 0.593. The summed E-state index contributed by atoms with van der Waals surface area (Å²) in [4.78, 5) is 12.5. The molecule has 0 aliphatic heterocycles. The monoisotopic (exact) mass is 413 g/mol. The van der Waals surface area contributed by atoms with Crippen molar-refractivity contribution < 1.29 is 18.0 Å². The van der Waals surface area contributed by atoms with E-state index in [9.17, 15) is 18.0 Å². The van der Waals surface area contributed by atoms with Crippen molar-refractivity contribution in [2.75, 3.05) is 5.32 Å². The van der Waals surface area contributed by atoms with E-state index in [1.807, 2.05) is 0 Å². The smallest absolute Gasteiger partial charge is 0.321 e. The van der Waals surface area contributed by atoms with Crippen molar-refractivity contribution in [2.45, 2.75) is 13.1 Å². The van der Waals surface area contributed by atoms with Gasteiger partial charge in [-0.15, -0.1) is 0 Å². The van der Waals surface area contributed by atoms with E-state index in [1.54, 1.807) is 25.1 Å². The average molecular weight is 414 g/mol. The Bertz CT molecular complexity index is 998. The van der Waals surface area contributed by atoms with Gasteiger partial charge in [0.1, 0.15) is 0 Å². The fourth-order valence-corrected chi connectivity index (χ4v) is 2.78. The Morgan fingerprint density at radius 3 is 2.41 bits per heavy atom. The van der Waals surface area contributed by atoms with Crippen molar-refractivity contribution in [3.05, 3.63) is 75.5 Å². The number of alkyl halides is 3. The summed E-state index contributed by atoms with van der Waals surface area (Å²) in [5.41, 5.74) is -0.669. The lowest BCUT2D eigenvalue weighted by molar-refractivity contribution is -0.143. The lowest BCUT2D eigenvalue weighted by atomic mass is 10.2. The molecular formula is C18H12Cl2F3N3O. The van der Waals surface area contributed by atoms with Crippen LogP contribution in [0.25, 0.3) is 5.69 Å². The Balaban J connectivity index is 2.04. The average Bonchev–Trinajstić information content (AvgIpc) is 3.04. The van der Waals surface area contributed by atoms with E-state index in [0.717, 1.165) is 11.8 Å². The van der Waals surface area contributed by atoms with Crippen LogP contribution in [0, 0.1) is 6.92 Å². The molecular weight excluding hydrogens is 402 g/mol.